The lowest BCUT2D eigenvalue weighted by Gasteiger charge is -1.93. The number of fused-ring (bicyclic) bond motifs is 1. The number of hydrogen-bond acceptors (Lipinski definition) is 7. The first-order chi connectivity index (χ1) is 10.3. The lowest BCUT2D eigenvalue weighted by Crippen LogP contribution is -1.83. The third kappa shape index (κ3) is 1.87. The molecule has 8 heteroatoms. The predicted octanol–water partition coefficient (Wildman–Crippen LogP) is 2.61. The highest BCUT2D eigenvalue weighted by molar-refractivity contribution is 7.17. The molecule has 0 radical (unpaired) electrons. The zero-order valence-corrected chi connectivity index (χ0v) is 11.3. The Labute approximate surface area is 121 Å². The topological polar surface area (TPSA) is 104 Å². The van der Waals surface area contributed by atoms with Crippen LogP contribution in [0.5, 0.6) is 0 Å². The van der Waals surface area contributed by atoms with Gasteiger partial charge in [-0.05, 0) is 17.5 Å². The van der Waals surface area contributed by atoms with E-state index in [4.69, 9.17) is 9.78 Å². The van der Waals surface area contributed by atoms with E-state index < -0.39 is 0 Å². The van der Waals surface area contributed by atoms with Crippen LogP contribution in [0.1, 0.15) is 5.69 Å². The van der Waals surface area contributed by atoms with E-state index in [9.17, 15) is 0 Å². The molecule has 0 amide bonds. The van der Waals surface area contributed by atoms with Crippen molar-refractivity contribution in [3.8, 4) is 28.9 Å². The molecule has 0 bridgehead atoms. The second-order valence-corrected chi connectivity index (χ2v) is 5.17. The van der Waals surface area contributed by atoms with E-state index in [1.165, 1.54) is 6.20 Å². The van der Waals surface area contributed by atoms with Gasteiger partial charge in [0, 0.05) is 11.8 Å². The first-order valence-electron chi connectivity index (χ1n) is 5.96. The van der Waals surface area contributed by atoms with E-state index >= 15 is 0 Å². The molecule has 4 heterocycles. The predicted molar refractivity (Wildman–Crippen MR) is 75.2 cm³/mol. The SMILES string of the molecule is N#Cc1[nH]ncc1-c1nc(-c2cnc3ccsc3c2)no1. The molecule has 1 N–H and O–H groups in total. The smallest absolute Gasteiger partial charge is 0.262 e. The average Bonchev–Trinajstić information content (AvgIpc) is 3.24. The number of rotatable bonds is 2. The van der Waals surface area contributed by atoms with Crippen molar-refractivity contribution in [2.24, 2.45) is 0 Å². The van der Waals surface area contributed by atoms with E-state index in [0.717, 1.165) is 15.8 Å². The van der Waals surface area contributed by atoms with E-state index in [-0.39, 0.29) is 11.6 Å². The highest BCUT2D eigenvalue weighted by Gasteiger charge is 2.16. The zero-order valence-electron chi connectivity index (χ0n) is 10.4. The minimum atomic E-state index is 0.251. The molecule has 100 valence electrons. The molecule has 0 saturated carbocycles. The molecule has 21 heavy (non-hydrogen) atoms. The fourth-order valence-corrected chi connectivity index (χ4v) is 2.73. The van der Waals surface area contributed by atoms with Gasteiger partial charge in [0.05, 0.1) is 22.0 Å². The van der Waals surface area contributed by atoms with Crippen molar-refractivity contribution < 1.29 is 4.52 Å². The molecule has 0 unspecified atom stereocenters. The summed E-state index contributed by atoms with van der Waals surface area (Å²) >= 11 is 1.60. The number of thiophene rings is 1. The van der Waals surface area contributed by atoms with Crippen molar-refractivity contribution in [3.05, 3.63) is 35.6 Å². The van der Waals surface area contributed by atoms with Crippen molar-refractivity contribution in [1.29, 1.82) is 5.26 Å². The maximum absolute atomic E-state index is 8.97. The number of nitriles is 1. The highest BCUT2D eigenvalue weighted by Crippen LogP contribution is 2.26. The Morgan fingerprint density at radius 1 is 1.33 bits per heavy atom. The van der Waals surface area contributed by atoms with Gasteiger partial charge in [-0.3, -0.25) is 10.1 Å². The molecule has 7 nitrogen and oxygen atoms in total. The molecule has 0 atom stereocenters. The molecule has 0 aromatic carbocycles. The van der Waals surface area contributed by atoms with Crippen molar-refractivity contribution >= 4 is 21.6 Å². The van der Waals surface area contributed by atoms with Crippen LogP contribution in [0.4, 0.5) is 0 Å². The van der Waals surface area contributed by atoms with Gasteiger partial charge < -0.3 is 4.52 Å². The van der Waals surface area contributed by atoms with Gasteiger partial charge in [0.25, 0.3) is 5.89 Å². The maximum atomic E-state index is 8.97. The number of H-pyrrole nitrogens is 1. The van der Waals surface area contributed by atoms with Gasteiger partial charge in [-0.15, -0.1) is 11.3 Å². The standard InChI is InChI=1S/C13H6N6OS/c14-4-10-8(6-16-18-10)13-17-12(19-20-13)7-3-11-9(15-5-7)1-2-21-11/h1-3,5-6H,(H,16,18). The fraction of sp³-hybridized carbons (Fsp3) is 0. The zero-order chi connectivity index (χ0) is 14.2. The van der Waals surface area contributed by atoms with Gasteiger partial charge in [-0.2, -0.15) is 15.3 Å². The molecule has 4 aromatic heterocycles. The number of aromatic nitrogens is 5. The van der Waals surface area contributed by atoms with Crippen LogP contribution in [0.2, 0.25) is 0 Å². The Bertz CT molecular complexity index is 976. The molecule has 0 aliphatic rings. The largest absolute Gasteiger partial charge is 0.333 e. The summed E-state index contributed by atoms with van der Waals surface area (Å²) in [6.07, 6.45) is 3.18. The molecule has 0 aliphatic heterocycles. The Hall–Kier alpha value is -3.05. The molecule has 0 spiro atoms. The number of pyridine rings is 1. The van der Waals surface area contributed by atoms with Gasteiger partial charge >= 0.3 is 0 Å². The van der Waals surface area contributed by atoms with Gasteiger partial charge in [0.1, 0.15) is 11.8 Å². The number of aromatic amines is 1. The second kappa shape index (κ2) is 4.50. The average molecular weight is 294 g/mol. The monoisotopic (exact) mass is 294 g/mol. The highest BCUT2D eigenvalue weighted by atomic mass is 32.1. The van der Waals surface area contributed by atoms with E-state index in [1.807, 2.05) is 23.6 Å². The van der Waals surface area contributed by atoms with Crippen molar-refractivity contribution in [2.45, 2.75) is 0 Å². The molecule has 4 aromatic rings. The van der Waals surface area contributed by atoms with Crippen LogP contribution in [0, 0.1) is 11.3 Å². The van der Waals surface area contributed by atoms with Crippen molar-refractivity contribution in [3.63, 3.8) is 0 Å². The number of nitrogens with zero attached hydrogens (tertiary/aromatic N) is 5. The maximum Gasteiger partial charge on any atom is 0.262 e. The normalized spacial score (nSPS) is 10.8. The quantitative estimate of drug-likeness (QED) is 0.609. The number of nitrogens with one attached hydrogen (secondary N) is 1. The summed E-state index contributed by atoms with van der Waals surface area (Å²) in [5, 5.41) is 21.3. The molecular weight excluding hydrogens is 288 g/mol. The van der Waals surface area contributed by atoms with E-state index in [1.54, 1.807) is 17.5 Å². The second-order valence-electron chi connectivity index (χ2n) is 4.22. The Morgan fingerprint density at radius 2 is 2.29 bits per heavy atom. The van der Waals surface area contributed by atoms with Crippen molar-refractivity contribution in [1.82, 2.24) is 25.3 Å². The van der Waals surface area contributed by atoms with Crippen LogP contribution >= 0.6 is 11.3 Å². The van der Waals surface area contributed by atoms with Gasteiger partial charge in [0.15, 0.2) is 0 Å². The molecular formula is C13H6N6OS. The van der Waals surface area contributed by atoms with Crippen LogP contribution in [-0.4, -0.2) is 25.3 Å². The van der Waals surface area contributed by atoms with Crippen LogP contribution in [0.3, 0.4) is 0 Å². The summed E-state index contributed by atoms with van der Waals surface area (Å²) < 4.78 is 6.26. The third-order valence-corrected chi connectivity index (χ3v) is 3.82. The first-order valence-corrected chi connectivity index (χ1v) is 6.84. The lowest BCUT2D eigenvalue weighted by molar-refractivity contribution is 0.432. The minimum absolute atomic E-state index is 0.251. The summed E-state index contributed by atoms with van der Waals surface area (Å²) in [6.45, 7) is 0. The Kier molecular flexibility index (Phi) is 2.52. The van der Waals surface area contributed by atoms with Gasteiger partial charge in [-0.25, -0.2) is 0 Å². The first kappa shape index (κ1) is 11.7. The molecule has 4 rings (SSSR count). The summed E-state index contributed by atoms with van der Waals surface area (Å²) in [5.74, 6) is 0.680. The Morgan fingerprint density at radius 3 is 3.19 bits per heavy atom. The molecule has 0 saturated heterocycles. The van der Waals surface area contributed by atoms with E-state index in [0.29, 0.717) is 11.4 Å². The number of hydrogen-bond donors (Lipinski definition) is 1. The summed E-state index contributed by atoms with van der Waals surface area (Å²) in [5.41, 5.74) is 2.48. The minimum Gasteiger partial charge on any atom is -0.333 e. The van der Waals surface area contributed by atoms with Gasteiger partial charge in [0.2, 0.25) is 5.82 Å². The Balaban J connectivity index is 1.79. The third-order valence-electron chi connectivity index (χ3n) is 2.97. The summed E-state index contributed by atoms with van der Waals surface area (Å²) in [4.78, 5) is 8.64. The van der Waals surface area contributed by atoms with Crippen LogP contribution in [0.15, 0.2) is 34.4 Å². The molecule has 0 fully saturated rings. The van der Waals surface area contributed by atoms with E-state index in [2.05, 4.69) is 25.3 Å². The lowest BCUT2D eigenvalue weighted by atomic mass is 10.2. The van der Waals surface area contributed by atoms with Crippen LogP contribution in [0.25, 0.3) is 33.1 Å². The molecule has 0 aliphatic carbocycles. The fourth-order valence-electron chi connectivity index (χ4n) is 1.95. The van der Waals surface area contributed by atoms with Crippen molar-refractivity contribution in [2.75, 3.05) is 0 Å². The van der Waals surface area contributed by atoms with Crippen LogP contribution in [-0.2, 0) is 0 Å². The summed E-state index contributed by atoms with van der Waals surface area (Å²) in [6, 6.07) is 5.90. The van der Waals surface area contributed by atoms with Crippen LogP contribution < -0.4 is 0 Å². The van der Waals surface area contributed by atoms with Gasteiger partial charge in [-0.1, -0.05) is 5.16 Å². The summed E-state index contributed by atoms with van der Waals surface area (Å²) in [7, 11) is 0.